The van der Waals surface area contributed by atoms with Gasteiger partial charge in [0.15, 0.2) is 5.82 Å². The zero-order valence-corrected chi connectivity index (χ0v) is 11.5. The van der Waals surface area contributed by atoms with Crippen molar-refractivity contribution in [3.05, 3.63) is 46.2 Å². The first-order valence-electron chi connectivity index (χ1n) is 6.26. The Hall–Kier alpha value is -1.66. The zero-order valence-electron chi connectivity index (χ0n) is 10.7. The molecular formula is C14H10ClF3N2O. The van der Waals surface area contributed by atoms with E-state index in [9.17, 15) is 13.2 Å². The summed E-state index contributed by atoms with van der Waals surface area (Å²) in [4.78, 5) is 8.41. The highest BCUT2D eigenvalue weighted by molar-refractivity contribution is 6.30. The minimum atomic E-state index is -4.40. The lowest BCUT2D eigenvalue weighted by molar-refractivity contribution is -0.137. The van der Waals surface area contributed by atoms with Crippen molar-refractivity contribution in [1.29, 1.82) is 0 Å². The standard InChI is InChI=1S/C14H10ClF3N2O/c15-12-10-7-21-5-4-11(10)19-13(20-12)8-2-1-3-9(6-8)14(16,17)18/h1-3,6H,4-5,7H2. The summed E-state index contributed by atoms with van der Waals surface area (Å²) in [6, 6.07) is 4.90. The van der Waals surface area contributed by atoms with Crippen LogP contribution in [0.15, 0.2) is 24.3 Å². The molecule has 0 saturated carbocycles. The van der Waals surface area contributed by atoms with E-state index in [-0.39, 0.29) is 11.0 Å². The van der Waals surface area contributed by atoms with Gasteiger partial charge in [0, 0.05) is 17.5 Å². The average Bonchev–Trinajstić information content (AvgIpc) is 2.46. The maximum absolute atomic E-state index is 12.8. The van der Waals surface area contributed by atoms with Crippen molar-refractivity contribution in [1.82, 2.24) is 9.97 Å². The number of hydrogen-bond acceptors (Lipinski definition) is 3. The molecule has 1 aliphatic heterocycles. The molecule has 0 radical (unpaired) electrons. The Labute approximate surface area is 123 Å². The summed E-state index contributed by atoms with van der Waals surface area (Å²) in [6.07, 6.45) is -3.83. The van der Waals surface area contributed by atoms with Gasteiger partial charge in [-0.1, -0.05) is 23.7 Å². The van der Waals surface area contributed by atoms with Crippen LogP contribution in [0, 0.1) is 0 Å². The summed E-state index contributed by atoms with van der Waals surface area (Å²) in [5.74, 6) is 0.201. The molecule has 0 atom stereocenters. The van der Waals surface area contributed by atoms with Crippen LogP contribution in [0.5, 0.6) is 0 Å². The summed E-state index contributed by atoms with van der Waals surface area (Å²) >= 11 is 6.07. The van der Waals surface area contributed by atoms with E-state index in [0.717, 1.165) is 17.8 Å². The summed E-state index contributed by atoms with van der Waals surface area (Å²) in [6.45, 7) is 0.847. The number of aromatic nitrogens is 2. The minimum Gasteiger partial charge on any atom is -0.376 e. The lowest BCUT2D eigenvalue weighted by Crippen LogP contribution is -2.14. The Morgan fingerprint density at radius 2 is 2.00 bits per heavy atom. The molecule has 3 rings (SSSR count). The van der Waals surface area contributed by atoms with E-state index in [1.54, 1.807) is 0 Å². The second-order valence-corrected chi connectivity index (χ2v) is 5.00. The number of fused-ring (bicyclic) bond motifs is 1. The Balaban J connectivity index is 2.07. The summed E-state index contributed by atoms with van der Waals surface area (Å²) in [5.41, 5.74) is 0.995. The van der Waals surface area contributed by atoms with Gasteiger partial charge in [0.05, 0.1) is 24.5 Å². The van der Waals surface area contributed by atoms with Gasteiger partial charge in [-0.15, -0.1) is 0 Å². The molecule has 0 amide bonds. The topological polar surface area (TPSA) is 35.0 Å². The van der Waals surface area contributed by atoms with Crippen molar-refractivity contribution < 1.29 is 17.9 Å². The number of hydrogen-bond donors (Lipinski definition) is 0. The second kappa shape index (κ2) is 5.27. The van der Waals surface area contributed by atoms with Crippen LogP contribution in [-0.2, 0) is 23.9 Å². The first kappa shape index (κ1) is 14.3. The molecule has 0 unspecified atom stereocenters. The summed E-state index contributed by atoms with van der Waals surface area (Å²) in [7, 11) is 0. The molecule has 0 spiro atoms. The third kappa shape index (κ3) is 2.87. The monoisotopic (exact) mass is 314 g/mol. The molecule has 0 N–H and O–H groups in total. The van der Waals surface area contributed by atoms with Crippen LogP contribution in [0.3, 0.4) is 0 Å². The Kier molecular flexibility index (Phi) is 3.59. The van der Waals surface area contributed by atoms with Gasteiger partial charge in [0.2, 0.25) is 0 Å². The molecule has 1 aromatic heterocycles. The molecule has 2 heterocycles. The van der Waals surface area contributed by atoms with Gasteiger partial charge in [-0.2, -0.15) is 13.2 Å². The number of alkyl halides is 3. The molecule has 3 nitrogen and oxygen atoms in total. The number of rotatable bonds is 1. The number of ether oxygens (including phenoxy) is 1. The van der Waals surface area contributed by atoms with Crippen molar-refractivity contribution >= 4 is 11.6 Å². The molecule has 1 aromatic carbocycles. The van der Waals surface area contributed by atoms with Crippen molar-refractivity contribution in [3.8, 4) is 11.4 Å². The van der Waals surface area contributed by atoms with Crippen LogP contribution < -0.4 is 0 Å². The first-order valence-corrected chi connectivity index (χ1v) is 6.63. The predicted octanol–water partition coefficient (Wildman–Crippen LogP) is 3.89. The molecule has 1 aliphatic rings. The van der Waals surface area contributed by atoms with Gasteiger partial charge < -0.3 is 4.74 Å². The van der Waals surface area contributed by atoms with Crippen LogP contribution in [-0.4, -0.2) is 16.6 Å². The largest absolute Gasteiger partial charge is 0.416 e. The Bertz CT molecular complexity index is 688. The molecular weight excluding hydrogens is 305 g/mol. The van der Waals surface area contributed by atoms with E-state index in [1.165, 1.54) is 12.1 Å². The average molecular weight is 315 g/mol. The lowest BCUT2D eigenvalue weighted by Gasteiger charge is -2.17. The minimum absolute atomic E-state index is 0.201. The third-order valence-corrected chi connectivity index (χ3v) is 3.53. The fourth-order valence-electron chi connectivity index (χ4n) is 2.16. The molecule has 110 valence electrons. The maximum Gasteiger partial charge on any atom is 0.416 e. The van der Waals surface area contributed by atoms with Gasteiger partial charge >= 0.3 is 6.18 Å². The van der Waals surface area contributed by atoms with Crippen LogP contribution in [0.1, 0.15) is 16.8 Å². The fraction of sp³-hybridized carbons (Fsp3) is 0.286. The van der Waals surface area contributed by atoms with Crippen LogP contribution in [0.25, 0.3) is 11.4 Å². The van der Waals surface area contributed by atoms with Crippen LogP contribution in [0.4, 0.5) is 13.2 Å². The van der Waals surface area contributed by atoms with Gasteiger partial charge in [-0.05, 0) is 12.1 Å². The number of benzene rings is 1. The van der Waals surface area contributed by atoms with Crippen LogP contribution >= 0.6 is 11.6 Å². The van der Waals surface area contributed by atoms with E-state index >= 15 is 0 Å². The predicted molar refractivity (Wildman–Crippen MR) is 70.8 cm³/mol. The van der Waals surface area contributed by atoms with E-state index in [2.05, 4.69) is 9.97 Å². The fourth-order valence-corrected chi connectivity index (χ4v) is 2.40. The van der Waals surface area contributed by atoms with Gasteiger partial charge in [-0.25, -0.2) is 9.97 Å². The number of nitrogens with zero attached hydrogens (tertiary/aromatic N) is 2. The third-order valence-electron chi connectivity index (χ3n) is 3.22. The smallest absolute Gasteiger partial charge is 0.376 e. The Morgan fingerprint density at radius 1 is 1.19 bits per heavy atom. The van der Waals surface area contributed by atoms with Crippen molar-refractivity contribution in [3.63, 3.8) is 0 Å². The molecule has 7 heteroatoms. The van der Waals surface area contributed by atoms with E-state index in [1.807, 2.05) is 0 Å². The molecule has 0 aliphatic carbocycles. The van der Waals surface area contributed by atoms with Crippen LogP contribution in [0.2, 0.25) is 5.15 Å². The molecule has 0 fully saturated rings. The molecule has 2 aromatic rings. The highest BCUT2D eigenvalue weighted by Crippen LogP contribution is 2.32. The zero-order chi connectivity index (χ0) is 15.0. The lowest BCUT2D eigenvalue weighted by atomic mass is 10.1. The van der Waals surface area contributed by atoms with Crippen molar-refractivity contribution in [2.75, 3.05) is 6.61 Å². The molecule has 0 saturated heterocycles. The molecule has 21 heavy (non-hydrogen) atoms. The van der Waals surface area contributed by atoms with E-state index < -0.39 is 11.7 Å². The van der Waals surface area contributed by atoms with Gasteiger partial charge in [-0.3, -0.25) is 0 Å². The molecule has 0 bridgehead atoms. The quantitative estimate of drug-likeness (QED) is 0.749. The van der Waals surface area contributed by atoms with Crippen molar-refractivity contribution in [2.24, 2.45) is 0 Å². The SMILES string of the molecule is FC(F)(F)c1cccc(-c2nc(Cl)c3c(n2)CCOC3)c1. The highest BCUT2D eigenvalue weighted by atomic mass is 35.5. The normalized spacial score (nSPS) is 14.9. The van der Waals surface area contributed by atoms with Gasteiger partial charge in [0.1, 0.15) is 5.15 Å². The van der Waals surface area contributed by atoms with Gasteiger partial charge in [0.25, 0.3) is 0 Å². The number of halogens is 4. The second-order valence-electron chi connectivity index (χ2n) is 4.64. The maximum atomic E-state index is 12.8. The van der Waals surface area contributed by atoms with E-state index in [0.29, 0.717) is 30.8 Å². The summed E-state index contributed by atoms with van der Waals surface area (Å²) < 4.78 is 43.5. The summed E-state index contributed by atoms with van der Waals surface area (Å²) in [5, 5.41) is 0.229. The van der Waals surface area contributed by atoms with Crippen molar-refractivity contribution in [2.45, 2.75) is 19.2 Å². The highest BCUT2D eigenvalue weighted by Gasteiger charge is 2.30. The Morgan fingerprint density at radius 3 is 2.76 bits per heavy atom. The van der Waals surface area contributed by atoms with E-state index in [4.69, 9.17) is 16.3 Å². The first-order chi connectivity index (χ1) is 9.95.